The summed E-state index contributed by atoms with van der Waals surface area (Å²) in [5.41, 5.74) is 4.42. The van der Waals surface area contributed by atoms with E-state index in [1.165, 1.54) is 6.92 Å². The Hall–Kier alpha value is -2.95. The lowest BCUT2D eigenvalue weighted by Crippen LogP contribution is -2.32. The lowest BCUT2D eigenvalue weighted by atomic mass is 9.81. The molecule has 0 heterocycles. The fraction of sp³-hybridized carbons (Fsp3) is 0.375. The van der Waals surface area contributed by atoms with Crippen molar-refractivity contribution in [2.75, 3.05) is 10.6 Å². The number of Topliss-reactive ketones (excluding diaryl/α,β-unsaturated/α-hetero) is 1. The van der Waals surface area contributed by atoms with E-state index < -0.39 is 0 Å². The summed E-state index contributed by atoms with van der Waals surface area (Å²) in [6, 6.07) is 12.8. The van der Waals surface area contributed by atoms with Crippen LogP contribution in [0.4, 0.5) is 11.4 Å². The van der Waals surface area contributed by atoms with Crippen molar-refractivity contribution >= 4 is 29.0 Å². The Labute approximate surface area is 171 Å². The summed E-state index contributed by atoms with van der Waals surface area (Å²) in [4.78, 5) is 36.5. The zero-order valence-electron chi connectivity index (χ0n) is 17.2. The molecule has 29 heavy (non-hydrogen) atoms. The topological polar surface area (TPSA) is 75.3 Å². The molecular formula is C24H28N2O3. The second-order valence-corrected chi connectivity index (χ2v) is 7.91. The zero-order valence-corrected chi connectivity index (χ0v) is 17.2. The van der Waals surface area contributed by atoms with Crippen LogP contribution in [-0.2, 0) is 9.59 Å². The molecule has 2 aromatic rings. The number of nitrogens with one attached hydrogen (secondary N) is 2. The number of benzene rings is 2. The number of hydrogen-bond acceptors (Lipinski definition) is 3. The first-order valence-electron chi connectivity index (χ1n) is 10.1. The Morgan fingerprint density at radius 3 is 1.90 bits per heavy atom. The summed E-state index contributed by atoms with van der Waals surface area (Å²) in [5.74, 6) is -0.132. The van der Waals surface area contributed by atoms with Gasteiger partial charge in [0.1, 0.15) is 0 Å². The van der Waals surface area contributed by atoms with Crippen LogP contribution in [0.2, 0.25) is 0 Å². The van der Waals surface area contributed by atoms with Gasteiger partial charge in [-0.05, 0) is 87.9 Å². The van der Waals surface area contributed by atoms with Gasteiger partial charge in [0.2, 0.25) is 11.8 Å². The van der Waals surface area contributed by atoms with Gasteiger partial charge in [0.05, 0.1) is 0 Å². The quantitative estimate of drug-likeness (QED) is 0.712. The fourth-order valence-electron chi connectivity index (χ4n) is 3.77. The van der Waals surface area contributed by atoms with Crippen molar-refractivity contribution in [3.8, 4) is 0 Å². The van der Waals surface area contributed by atoms with Crippen LogP contribution in [0.5, 0.6) is 0 Å². The summed E-state index contributed by atoms with van der Waals surface area (Å²) in [6.45, 7) is 5.56. The van der Waals surface area contributed by atoms with E-state index in [9.17, 15) is 14.4 Å². The third-order valence-electron chi connectivity index (χ3n) is 5.89. The number of aryl methyl sites for hydroxylation is 1. The van der Waals surface area contributed by atoms with Crippen LogP contribution in [0.25, 0.3) is 0 Å². The van der Waals surface area contributed by atoms with E-state index in [0.29, 0.717) is 36.9 Å². The second-order valence-electron chi connectivity index (χ2n) is 7.91. The normalized spacial score (nSPS) is 18.7. The van der Waals surface area contributed by atoms with E-state index in [4.69, 9.17) is 0 Å². The number of hydrogen-bond donors (Lipinski definition) is 2. The highest BCUT2D eigenvalue weighted by molar-refractivity contribution is 5.96. The number of carbonyl (C=O) groups is 3. The SMILES string of the molecule is CC(=O)c1ccc(NC(=O)C2CCC(C(=O)Nc3cccc(C)c3C)CC2)cc1. The summed E-state index contributed by atoms with van der Waals surface area (Å²) in [5, 5.41) is 5.98. The number of ketones is 1. The molecule has 2 aromatic carbocycles. The van der Waals surface area contributed by atoms with Gasteiger partial charge in [0.15, 0.2) is 5.78 Å². The molecule has 0 atom stereocenters. The predicted molar refractivity (Wildman–Crippen MR) is 115 cm³/mol. The monoisotopic (exact) mass is 392 g/mol. The van der Waals surface area contributed by atoms with Gasteiger partial charge in [-0.25, -0.2) is 0 Å². The molecule has 0 bridgehead atoms. The average molecular weight is 392 g/mol. The number of amides is 2. The average Bonchev–Trinajstić information content (AvgIpc) is 2.72. The molecule has 1 fully saturated rings. The molecule has 0 radical (unpaired) electrons. The van der Waals surface area contributed by atoms with E-state index in [1.54, 1.807) is 24.3 Å². The number of anilines is 2. The maximum atomic E-state index is 12.6. The lowest BCUT2D eigenvalue weighted by molar-refractivity contribution is -0.125. The minimum Gasteiger partial charge on any atom is -0.326 e. The minimum absolute atomic E-state index is 0.000308. The Morgan fingerprint density at radius 1 is 0.793 bits per heavy atom. The van der Waals surface area contributed by atoms with Crippen LogP contribution >= 0.6 is 0 Å². The van der Waals surface area contributed by atoms with E-state index in [-0.39, 0.29) is 29.4 Å². The van der Waals surface area contributed by atoms with Crippen molar-refractivity contribution in [3.63, 3.8) is 0 Å². The molecular weight excluding hydrogens is 364 g/mol. The molecule has 5 nitrogen and oxygen atoms in total. The van der Waals surface area contributed by atoms with Crippen molar-refractivity contribution in [2.24, 2.45) is 11.8 Å². The zero-order chi connectivity index (χ0) is 21.0. The van der Waals surface area contributed by atoms with Crippen LogP contribution in [0.15, 0.2) is 42.5 Å². The first-order chi connectivity index (χ1) is 13.8. The molecule has 0 saturated heterocycles. The molecule has 3 rings (SSSR count). The highest BCUT2D eigenvalue weighted by Crippen LogP contribution is 2.31. The van der Waals surface area contributed by atoms with Gasteiger partial charge < -0.3 is 10.6 Å². The van der Waals surface area contributed by atoms with Crippen molar-refractivity contribution in [2.45, 2.75) is 46.5 Å². The van der Waals surface area contributed by atoms with Gasteiger partial charge in [-0.15, -0.1) is 0 Å². The highest BCUT2D eigenvalue weighted by atomic mass is 16.2. The summed E-state index contributed by atoms with van der Waals surface area (Å²) in [6.07, 6.45) is 2.81. The molecule has 5 heteroatoms. The molecule has 1 aliphatic carbocycles. The molecule has 1 aliphatic rings. The van der Waals surface area contributed by atoms with Crippen LogP contribution < -0.4 is 10.6 Å². The molecule has 0 unspecified atom stereocenters. The van der Waals surface area contributed by atoms with Gasteiger partial charge in [-0.3, -0.25) is 14.4 Å². The molecule has 0 spiro atoms. The third kappa shape index (κ3) is 5.11. The number of rotatable bonds is 5. The van der Waals surface area contributed by atoms with Crippen LogP contribution in [0, 0.1) is 25.7 Å². The first kappa shape index (κ1) is 20.8. The first-order valence-corrected chi connectivity index (χ1v) is 10.1. The second kappa shape index (κ2) is 9.03. The summed E-state index contributed by atoms with van der Waals surface area (Å²) in [7, 11) is 0. The van der Waals surface area contributed by atoms with E-state index in [0.717, 1.165) is 16.8 Å². The van der Waals surface area contributed by atoms with Crippen molar-refractivity contribution in [1.29, 1.82) is 0 Å². The van der Waals surface area contributed by atoms with Gasteiger partial charge in [-0.2, -0.15) is 0 Å². The molecule has 2 amide bonds. The maximum Gasteiger partial charge on any atom is 0.227 e. The van der Waals surface area contributed by atoms with Gasteiger partial charge in [0, 0.05) is 28.8 Å². The van der Waals surface area contributed by atoms with Gasteiger partial charge in [-0.1, -0.05) is 12.1 Å². The van der Waals surface area contributed by atoms with Crippen LogP contribution in [-0.4, -0.2) is 17.6 Å². The highest BCUT2D eigenvalue weighted by Gasteiger charge is 2.30. The van der Waals surface area contributed by atoms with Crippen molar-refractivity contribution in [1.82, 2.24) is 0 Å². The van der Waals surface area contributed by atoms with E-state index in [1.807, 2.05) is 32.0 Å². The summed E-state index contributed by atoms with van der Waals surface area (Å²) < 4.78 is 0. The molecule has 0 aliphatic heterocycles. The maximum absolute atomic E-state index is 12.6. The van der Waals surface area contributed by atoms with Gasteiger partial charge >= 0.3 is 0 Å². The Bertz CT molecular complexity index is 910. The number of carbonyl (C=O) groups excluding carboxylic acids is 3. The Kier molecular flexibility index (Phi) is 6.47. The lowest BCUT2D eigenvalue weighted by Gasteiger charge is -2.27. The van der Waals surface area contributed by atoms with Crippen molar-refractivity contribution in [3.05, 3.63) is 59.2 Å². The minimum atomic E-state index is -0.0905. The molecule has 0 aromatic heterocycles. The van der Waals surface area contributed by atoms with Crippen LogP contribution in [0.1, 0.15) is 54.1 Å². The van der Waals surface area contributed by atoms with E-state index >= 15 is 0 Å². The Morgan fingerprint density at radius 2 is 1.34 bits per heavy atom. The summed E-state index contributed by atoms with van der Waals surface area (Å²) >= 11 is 0. The predicted octanol–water partition coefficient (Wildman–Crippen LogP) is 4.89. The molecule has 1 saturated carbocycles. The van der Waals surface area contributed by atoms with Gasteiger partial charge in [0.25, 0.3) is 0 Å². The molecule has 152 valence electrons. The Balaban J connectivity index is 1.51. The largest absolute Gasteiger partial charge is 0.326 e. The molecule has 2 N–H and O–H groups in total. The fourth-order valence-corrected chi connectivity index (χ4v) is 3.77. The van der Waals surface area contributed by atoms with E-state index in [2.05, 4.69) is 10.6 Å². The smallest absolute Gasteiger partial charge is 0.227 e. The third-order valence-corrected chi connectivity index (χ3v) is 5.89. The van der Waals surface area contributed by atoms with Crippen LogP contribution in [0.3, 0.4) is 0 Å². The standard InChI is InChI=1S/C24H28N2O3/c1-15-5-4-6-22(16(15)2)26-24(29)20-9-7-19(8-10-20)23(28)25-21-13-11-18(12-14-21)17(3)27/h4-6,11-14,19-20H,7-10H2,1-3H3,(H,25,28)(H,26,29). The van der Waals surface area contributed by atoms with Crippen molar-refractivity contribution < 1.29 is 14.4 Å².